The van der Waals surface area contributed by atoms with E-state index in [1.807, 2.05) is 42.6 Å². The van der Waals surface area contributed by atoms with Gasteiger partial charge in [0.1, 0.15) is 0 Å². The molecule has 0 radical (unpaired) electrons. The number of hydrogen-bond donors (Lipinski definition) is 2. The normalized spacial score (nSPS) is 16.8. The van der Waals surface area contributed by atoms with E-state index in [4.69, 9.17) is 11.5 Å². The third-order valence-electron chi connectivity index (χ3n) is 3.61. The molecule has 0 saturated carbocycles. The van der Waals surface area contributed by atoms with Crippen LogP contribution in [0, 0.1) is 0 Å². The SMILES string of the molecule is CCSCCN1C(=O)C(C)(C)c2cc(N)c(N)cc21. The molecule has 1 aliphatic rings. The molecule has 1 aromatic rings. The molecule has 4 N–H and O–H groups in total. The van der Waals surface area contributed by atoms with E-state index >= 15 is 0 Å². The summed E-state index contributed by atoms with van der Waals surface area (Å²) in [4.78, 5) is 14.4. The fraction of sp³-hybridized carbons (Fsp3) is 0.500. The molecule has 0 atom stereocenters. The summed E-state index contributed by atoms with van der Waals surface area (Å²) in [6.45, 7) is 6.72. The average Bonchev–Trinajstić information content (AvgIpc) is 2.52. The van der Waals surface area contributed by atoms with Gasteiger partial charge in [0.2, 0.25) is 5.91 Å². The fourth-order valence-corrected chi connectivity index (χ4v) is 3.03. The van der Waals surface area contributed by atoms with Crippen LogP contribution in [0.5, 0.6) is 0 Å². The second-order valence-corrected chi connectivity index (χ2v) is 6.67. The summed E-state index contributed by atoms with van der Waals surface area (Å²) in [5, 5.41) is 0. The lowest BCUT2D eigenvalue weighted by molar-refractivity contribution is -0.122. The second-order valence-electron chi connectivity index (χ2n) is 5.28. The largest absolute Gasteiger partial charge is 0.397 e. The van der Waals surface area contributed by atoms with Crippen LogP contribution in [0.15, 0.2) is 12.1 Å². The molecule has 0 fully saturated rings. The van der Waals surface area contributed by atoms with Crippen molar-refractivity contribution in [3.05, 3.63) is 17.7 Å². The number of rotatable bonds is 4. The van der Waals surface area contributed by atoms with Gasteiger partial charge in [-0.1, -0.05) is 6.92 Å². The summed E-state index contributed by atoms with van der Waals surface area (Å²) in [6, 6.07) is 3.67. The van der Waals surface area contributed by atoms with Crippen molar-refractivity contribution in [3.8, 4) is 0 Å². The highest BCUT2D eigenvalue weighted by Gasteiger charge is 2.43. The third kappa shape index (κ3) is 2.27. The van der Waals surface area contributed by atoms with Gasteiger partial charge in [0, 0.05) is 12.3 Å². The number of carbonyl (C=O) groups is 1. The maximum atomic E-state index is 12.5. The molecule has 5 heteroatoms. The Morgan fingerprint density at radius 2 is 1.89 bits per heavy atom. The molecule has 104 valence electrons. The number of nitrogens with two attached hydrogens (primary N) is 2. The van der Waals surface area contributed by atoms with Gasteiger partial charge in [-0.25, -0.2) is 0 Å². The summed E-state index contributed by atoms with van der Waals surface area (Å²) in [5.74, 6) is 2.12. The first-order chi connectivity index (χ1) is 8.89. The van der Waals surface area contributed by atoms with Crippen molar-refractivity contribution < 1.29 is 4.79 Å². The maximum absolute atomic E-state index is 12.5. The molecule has 1 amide bonds. The van der Waals surface area contributed by atoms with Crippen molar-refractivity contribution in [1.29, 1.82) is 0 Å². The molecule has 19 heavy (non-hydrogen) atoms. The van der Waals surface area contributed by atoms with Gasteiger partial charge in [0.05, 0.1) is 22.5 Å². The van der Waals surface area contributed by atoms with Crippen LogP contribution in [0.1, 0.15) is 26.3 Å². The highest BCUT2D eigenvalue weighted by molar-refractivity contribution is 7.99. The van der Waals surface area contributed by atoms with Crippen LogP contribution in [-0.2, 0) is 10.2 Å². The quantitative estimate of drug-likeness (QED) is 0.655. The number of benzene rings is 1. The molecule has 1 aromatic carbocycles. The van der Waals surface area contributed by atoms with E-state index < -0.39 is 5.41 Å². The molecule has 2 rings (SSSR count). The van der Waals surface area contributed by atoms with E-state index in [2.05, 4.69) is 6.92 Å². The van der Waals surface area contributed by atoms with Crippen LogP contribution in [0.4, 0.5) is 17.1 Å². The Kier molecular flexibility index (Phi) is 3.67. The number of amides is 1. The van der Waals surface area contributed by atoms with Crippen LogP contribution < -0.4 is 16.4 Å². The Balaban J connectivity index is 2.39. The summed E-state index contributed by atoms with van der Waals surface area (Å²) in [5.41, 5.74) is 14.2. The molecule has 0 unspecified atom stereocenters. The number of hydrogen-bond acceptors (Lipinski definition) is 4. The van der Waals surface area contributed by atoms with E-state index in [0.29, 0.717) is 11.4 Å². The molecule has 0 aromatic heterocycles. The number of carbonyl (C=O) groups excluding carboxylic acids is 1. The van der Waals surface area contributed by atoms with Gasteiger partial charge in [0.25, 0.3) is 0 Å². The second kappa shape index (κ2) is 4.96. The van der Waals surface area contributed by atoms with Crippen molar-refractivity contribution >= 4 is 34.7 Å². The topological polar surface area (TPSA) is 72.3 Å². The van der Waals surface area contributed by atoms with Crippen LogP contribution >= 0.6 is 11.8 Å². The molecule has 0 bridgehead atoms. The molecule has 4 nitrogen and oxygen atoms in total. The first-order valence-electron chi connectivity index (χ1n) is 6.48. The first-order valence-corrected chi connectivity index (χ1v) is 7.64. The van der Waals surface area contributed by atoms with Gasteiger partial charge >= 0.3 is 0 Å². The summed E-state index contributed by atoms with van der Waals surface area (Å²) in [6.07, 6.45) is 0. The summed E-state index contributed by atoms with van der Waals surface area (Å²) in [7, 11) is 0. The third-order valence-corrected chi connectivity index (χ3v) is 4.49. The summed E-state index contributed by atoms with van der Waals surface area (Å²) < 4.78 is 0. The van der Waals surface area contributed by atoms with Gasteiger partial charge in [0.15, 0.2) is 0 Å². The van der Waals surface area contributed by atoms with Gasteiger partial charge in [-0.2, -0.15) is 11.8 Å². The zero-order chi connectivity index (χ0) is 14.2. The van der Waals surface area contributed by atoms with Gasteiger partial charge in [-0.15, -0.1) is 0 Å². The molecule has 0 saturated heterocycles. The van der Waals surface area contributed by atoms with Crippen molar-refractivity contribution in [3.63, 3.8) is 0 Å². The van der Waals surface area contributed by atoms with Crippen LogP contribution in [0.25, 0.3) is 0 Å². The van der Waals surface area contributed by atoms with E-state index in [0.717, 1.165) is 29.3 Å². The lowest BCUT2D eigenvalue weighted by atomic mass is 9.86. The van der Waals surface area contributed by atoms with E-state index in [1.54, 1.807) is 0 Å². The highest BCUT2D eigenvalue weighted by atomic mass is 32.2. The van der Waals surface area contributed by atoms with E-state index in [1.165, 1.54) is 0 Å². The number of thioether (sulfide) groups is 1. The van der Waals surface area contributed by atoms with Crippen LogP contribution in [0.3, 0.4) is 0 Å². The Morgan fingerprint density at radius 3 is 2.53 bits per heavy atom. The van der Waals surface area contributed by atoms with Crippen molar-refractivity contribution in [2.24, 2.45) is 0 Å². The Hall–Kier alpha value is -1.36. The van der Waals surface area contributed by atoms with Gasteiger partial charge < -0.3 is 16.4 Å². The fourth-order valence-electron chi connectivity index (χ4n) is 2.43. The number of nitrogen functional groups attached to an aromatic ring is 2. The van der Waals surface area contributed by atoms with Crippen molar-refractivity contribution in [1.82, 2.24) is 0 Å². The molecular formula is C14H21N3OS. The van der Waals surface area contributed by atoms with Crippen LogP contribution in [0.2, 0.25) is 0 Å². The predicted molar refractivity (Wildman–Crippen MR) is 83.6 cm³/mol. The summed E-state index contributed by atoms with van der Waals surface area (Å²) >= 11 is 1.83. The smallest absolute Gasteiger partial charge is 0.237 e. The van der Waals surface area contributed by atoms with Crippen molar-refractivity contribution in [2.45, 2.75) is 26.2 Å². The molecule has 0 spiro atoms. The zero-order valence-corrected chi connectivity index (χ0v) is 12.5. The highest BCUT2D eigenvalue weighted by Crippen LogP contribution is 2.44. The molecular weight excluding hydrogens is 258 g/mol. The van der Waals surface area contributed by atoms with E-state index in [9.17, 15) is 4.79 Å². The lowest BCUT2D eigenvalue weighted by Crippen LogP contribution is -2.37. The molecule has 1 aliphatic heterocycles. The van der Waals surface area contributed by atoms with Crippen molar-refractivity contribution in [2.75, 3.05) is 34.4 Å². The Morgan fingerprint density at radius 1 is 1.26 bits per heavy atom. The van der Waals surface area contributed by atoms with Gasteiger partial charge in [-0.05, 0) is 37.3 Å². The molecule has 0 aliphatic carbocycles. The lowest BCUT2D eigenvalue weighted by Gasteiger charge is -2.20. The molecule has 1 heterocycles. The Labute approximate surface area is 118 Å². The monoisotopic (exact) mass is 279 g/mol. The number of fused-ring (bicyclic) bond motifs is 1. The Bertz CT molecular complexity index is 514. The van der Waals surface area contributed by atoms with Crippen LogP contribution in [-0.4, -0.2) is 24.0 Å². The minimum atomic E-state index is -0.520. The number of anilines is 3. The zero-order valence-electron chi connectivity index (χ0n) is 11.7. The maximum Gasteiger partial charge on any atom is 0.237 e. The van der Waals surface area contributed by atoms with E-state index in [-0.39, 0.29) is 5.91 Å². The first kappa shape index (κ1) is 14.1. The predicted octanol–water partition coefficient (Wildman–Crippen LogP) is 2.23. The standard InChI is InChI=1S/C14H21N3OS/c1-4-19-6-5-17-12-8-11(16)10(15)7-9(12)14(2,3)13(17)18/h7-8H,4-6,15-16H2,1-3H3. The minimum absolute atomic E-state index is 0.129. The van der Waals surface area contributed by atoms with Gasteiger partial charge in [-0.3, -0.25) is 4.79 Å². The minimum Gasteiger partial charge on any atom is -0.397 e. The number of nitrogens with zero attached hydrogens (tertiary/aromatic N) is 1. The average molecular weight is 279 g/mol.